The third-order valence-corrected chi connectivity index (χ3v) is 11.5. The summed E-state index contributed by atoms with van der Waals surface area (Å²) in [4.78, 5) is 29.8. The second kappa shape index (κ2) is 10.8. The summed E-state index contributed by atoms with van der Waals surface area (Å²) >= 11 is 0. The van der Waals surface area contributed by atoms with Crippen molar-refractivity contribution in [3.8, 4) is 6.07 Å². The molecule has 2 aliphatic heterocycles. The van der Waals surface area contributed by atoms with Crippen molar-refractivity contribution in [1.82, 2.24) is 20.4 Å². The Kier molecular flexibility index (Phi) is 6.99. The number of nitriles is 1. The molecule has 4 heterocycles. The van der Waals surface area contributed by atoms with Gasteiger partial charge in [0.25, 0.3) is 0 Å². The molecule has 266 valence electrons. The zero-order chi connectivity index (χ0) is 37.2. The molecule has 2 aromatic heterocycles. The second-order valence-electron chi connectivity index (χ2n) is 16.5. The van der Waals surface area contributed by atoms with E-state index in [2.05, 4.69) is 31.8 Å². The first kappa shape index (κ1) is 33.7. The van der Waals surface area contributed by atoms with Gasteiger partial charge in [0.05, 0.1) is 46.1 Å². The lowest BCUT2D eigenvalue weighted by molar-refractivity contribution is -0.137. The van der Waals surface area contributed by atoms with E-state index < -0.39 is 28.0 Å². The number of H-pyrrole nitrogens is 2. The minimum Gasteiger partial charge on any atom is -0.343 e. The molecule has 0 amide bonds. The maximum Gasteiger partial charge on any atom is 0.418 e. The summed E-state index contributed by atoms with van der Waals surface area (Å²) in [5.41, 5.74) is 0.0770. The predicted molar refractivity (Wildman–Crippen MR) is 189 cm³/mol. The highest BCUT2D eigenvalue weighted by atomic mass is 19.4. The predicted octanol–water partition coefficient (Wildman–Crippen LogP) is 8.50. The lowest BCUT2D eigenvalue weighted by Gasteiger charge is -2.48. The number of hydrogen-bond donors (Lipinski definition) is 3. The number of ketones is 2. The van der Waals surface area contributed by atoms with Crippen LogP contribution in [0, 0.1) is 22.2 Å². The van der Waals surface area contributed by atoms with E-state index in [0.717, 1.165) is 6.07 Å². The van der Waals surface area contributed by atoms with E-state index in [-0.39, 0.29) is 35.5 Å². The Morgan fingerprint density at radius 3 is 2.13 bits per heavy atom. The van der Waals surface area contributed by atoms with Crippen molar-refractivity contribution in [2.75, 3.05) is 10.2 Å². The molecule has 2 aromatic carbocycles. The minimum absolute atomic E-state index is 0.124. The summed E-state index contributed by atoms with van der Waals surface area (Å²) in [5, 5.41) is 27.5. The first-order chi connectivity index (χ1) is 24.4. The fourth-order valence-electron chi connectivity index (χ4n) is 9.22. The molecule has 0 bridgehead atoms. The largest absolute Gasteiger partial charge is 0.418 e. The highest BCUT2D eigenvalue weighted by Gasteiger charge is 2.53. The number of Topliss-reactive ketones (excluding diaryl/α,β-unsaturated/α-hetero) is 2. The number of fused-ring (bicyclic) bond motifs is 2. The molecule has 0 saturated heterocycles. The van der Waals surface area contributed by atoms with E-state index in [4.69, 9.17) is 0 Å². The smallest absolute Gasteiger partial charge is 0.343 e. The summed E-state index contributed by atoms with van der Waals surface area (Å²) in [7, 11) is 0. The number of carbonyl (C=O) groups excluding carboxylic acids is 2. The first-order valence-corrected chi connectivity index (χ1v) is 17.3. The summed E-state index contributed by atoms with van der Waals surface area (Å²) in [5.74, 6) is 0.555. The number of alkyl halides is 3. The average Bonchev–Trinajstić information content (AvgIpc) is 3.74. The van der Waals surface area contributed by atoms with Gasteiger partial charge in [0.1, 0.15) is 11.6 Å². The molecule has 9 nitrogen and oxygen atoms in total. The molecule has 8 rings (SSSR count). The van der Waals surface area contributed by atoms with Gasteiger partial charge in [-0.2, -0.15) is 28.6 Å². The highest BCUT2D eigenvalue weighted by molar-refractivity contribution is 6.04. The Morgan fingerprint density at radius 1 is 0.788 bits per heavy atom. The third kappa shape index (κ3) is 4.74. The molecular weight excluding hydrogens is 667 g/mol. The molecule has 0 fully saturated rings. The lowest BCUT2D eigenvalue weighted by Crippen LogP contribution is -2.45. The van der Waals surface area contributed by atoms with Crippen LogP contribution >= 0.6 is 0 Å². The fourth-order valence-corrected chi connectivity index (χ4v) is 9.22. The number of benzene rings is 2. The van der Waals surface area contributed by atoms with Crippen LogP contribution in [-0.2, 0) is 26.6 Å². The number of hydrogen-bond acceptors (Lipinski definition) is 7. The molecule has 0 radical (unpaired) electrons. The van der Waals surface area contributed by atoms with E-state index in [1.165, 1.54) is 11.0 Å². The standard InChI is InChI=1S/C40H38F3N7O2/c1-36(2)14-27-32(30(51)16-36)38(5,25-19-45-48-34(25)47-27)23-10-11-28(24(13-23)40(41,42)43)50-29-15-37(3,4)17-31(52)33(29)39(6,26-20-46-49-35(26)50)22-9-7-8-21(12-22)18-44/h7-13,19-20H,14-17H2,1-6H3,(H,46,49)(H2,45,47,48)/t38-,39-/m1/s1. The van der Waals surface area contributed by atoms with Crippen molar-refractivity contribution >= 4 is 28.9 Å². The molecule has 0 spiro atoms. The number of halogens is 3. The van der Waals surface area contributed by atoms with Gasteiger partial charge in [-0.25, -0.2) is 0 Å². The number of nitrogens with one attached hydrogen (secondary N) is 3. The van der Waals surface area contributed by atoms with Crippen LogP contribution in [0.1, 0.15) is 101 Å². The topological polar surface area (TPSA) is 131 Å². The number of carbonyl (C=O) groups is 2. The fraction of sp³-hybridized carbons (Fsp3) is 0.375. The summed E-state index contributed by atoms with van der Waals surface area (Å²) in [6.45, 7) is 11.5. The van der Waals surface area contributed by atoms with E-state index in [9.17, 15) is 14.9 Å². The van der Waals surface area contributed by atoms with Crippen molar-refractivity contribution in [3.63, 3.8) is 0 Å². The molecular formula is C40H38F3N7O2. The van der Waals surface area contributed by atoms with Gasteiger partial charge >= 0.3 is 6.18 Å². The summed E-state index contributed by atoms with van der Waals surface area (Å²) in [6.07, 6.45) is -0.403. The number of allylic oxidation sites excluding steroid dienone is 4. The van der Waals surface area contributed by atoms with Crippen LogP contribution in [0.4, 0.5) is 30.5 Å². The molecule has 12 heteroatoms. The monoisotopic (exact) mass is 705 g/mol. The Morgan fingerprint density at radius 2 is 1.42 bits per heavy atom. The van der Waals surface area contributed by atoms with Gasteiger partial charge in [0.2, 0.25) is 0 Å². The molecule has 2 atom stereocenters. The molecule has 3 N–H and O–H groups in total. The van der Waals surface area contributed by atoms with Crippen LogP contribution in [0.2, 0.25) is 0 Å². The average molecular weight is 706 g/mol. The van der Waals surface area contributed by atoms with Gasteiger partial charge in [0, 0.05) is 46.5 Å². The lowest BCUT2D eigenvalue weighted by atomic mass is 9.61. The highest BCUT2D eigenvalue weighted by Crippen LogP contribution is 2.58. The second-order valence-corrected chi connectivity index (χ2v) is 16.5. The maximum atomic E-state index is 15.6. The number of anilines is 3. The van der Waals surface area contributed by atoms with Gasteiger partial charge in [-0.1, -0.05) is 45.9 Å². The quantitative estimate of drug-likeness (QED) is 0.195. The van der Waals surface area contributed by atoms with E-state index >= 15 is 13.2 Å². The van der Waals surface area contributed by atoms with E-state index in [1.807, 2.05) is 40.7 Å². The van der Waals surface area contributed by atoms with Crippen LogP contribution in [0.5, 0.6) is 0 Å². The number of nitrogens with zero attached hydrogens (tertiary/aromatic N) is 4. The molecule has 4 aromatic rings. The van der Waals surface area contributed by atoms with Crippen molar-refractivity contribution in [3.05, 3.63) is 111 Å². The Hall–Kier alpha value is -5.44. The van der Waals surface area contributed by atoms with Crippen LogP contribution in [-0.4, -0.2) is 32.0 Å². The normalized spacial score (nSPS) is 24.8. The van der Waals surface area contributed by atoms with Crippen LogP contribution in [0.3, 0.4) is 0 Å². The van der Waals surface area contributed by atoms with E-state index in [0.29, 0.717) is 74.8 Å². The zero-order valence-corrected chi connectivity index (χ0v) is 29.8. The van der Waals surface area contributed by atoms with Crippen molar-refractivity contribution < 1.29 is 22.8 Å². The molecule has 2 aliphatic carbocycles. The van der Waals surface area contributed by atoms with Crippen molar-refractivity contribution in [2.45, 2.75) is 84.2 Å². The maximum absolute atomic E-state index is 15.6. The van der Waals surface area contributed by atoms with Gasteiger partial charge in [-0.15, -0.1) is 0 Å². The minimum atomic E-state index is -4.83. The molecule has 4 aliphatic rings. The van der Waals surface area contributed by atoms with Crippen LogP contribution in [0.15, 0.2) is 77.4 Å². The molecule has 52 heavy (non-hydrogen) atoms. The van der Waals surface area contributed by atoms with E-state index in [1.54, 1.807) is 43.6 Å². The van der Waals surface area contributed by atoms with Crippen LogP contribution < -0.4 is 10.2 Å². The zero-order valence-electron chi connectivity index (χ0n) is 29.8. The van der Waals surface area contributed by atoms with Crippen molar-refractivity contribution in [1.29, 1.82) is 5.26 Å². The van der Waals surface area contributed by atoms with Crippen molar-refractivity contribution in [2.24, 2.45) is 10.8 Å². The van der Waals surface area contributed by atoms with Gasteiger partial charge in [-0.3, -0.25) is 24.7 Å². The first-order valence-electron chi connectivity index (χ1n) is 17.3. The van der Waals surface area contributed by atoms with Gasteiger partial charge in [0.15, 0.2) is 11.6 Å². The van der Waals surface area contributed by atoms with Gasteiger partial charge in [-0.05, 0) is 72.9 Å². The Balaban J connectivity index is 1.38. The molecule has 0 saturated carbocycles. The SMILES string of the molecule is CC1(C)CC(=O)C2=C(C1)Nc1[nH]ncc1[C@@]2(C)c1ccc(N2C3=C(C(=O)CC(C)(C)C3)[C@](C)(c3cccc(C#N)c3)c3cn[nH]c32)c(C(F)(F)F)c1. The Bertz CT molecular complexity index is 2340. The number of aromatic amines is 2. The van der Waals surface area contributed by atoms with Crippen LogP contribution in [0.25, 0.3) is 0 Å². The Labute approximate surface area is 299 Å². The number of aromatic nitrogens is 4. The number of rotatable bonds is 3. The van der Waals surface area contributed by atoms with Gasteiger partial charge < -0.3 is 5.32 Å². The summed E-state index contributed by atoms with van der Waals surface area (Å²) in [6, 6.07) is 13.4. The third-order valence-electron chi connectivity index (χ3n) is 11.5. The molecule has 0 unspecified atom stereocenters. The summed E-state index contributed by atoms with van der Waals surface area (Å²) < 4.78 is 46.8.